The van der Waals surface area contributed by atoms with Crippen LogP contribution in [0.15, 0.2) is 0 Å². The maximum absolute atomic E-state index is 13.6. The van der Waals surface area contributed by atoms with Gasteiger partial charge in [0, 0.05) is 0 Å². The summed E-state index contributed by atoms with van der Waals surface area (Å²) < 4.78 is 241. The van der Waals surface area contributed by atoms with Gasteiger partial charge in [0.2, 0.25) is 0 Å². The van der Waals surface area contributed by atoms with Crippen LogP contribution in [0.4, 0.5) is 83.4 Å². The standard InChI is InChI=1S/C9F19O3/c10-1(11)29-2(12,4(14,15)16)7(23,24)30-3(13,5(17,18)19)8(25,26)31-9(27,28)6(20,21)22. The molecule has 0 aliphatic carbocycles. The van der Waals surface area contributed by atoms with Gasteiger partial charge in [-0.2, -0.15) is 83.4 Å². The molecule has 2 unspecified atom stereocenters. The smallest absolute Gasteiger partial charge is 0.263 e. The summed E-state index contributed by atoms with van der Waals surface area (Å²) in [5.41, 5.74) is 0. The zero-order valence-electron chi connectivity index (χ0n) is 12.9. The number of hydrogen-bond acceptors (Lipinski definition) is 3. The van der Waals surface area contributed by atoms with Gasteiger partial charge in [0.1, 0.15) is 0 Å². The highest BCUT2D eigenvalue weighted by molar-refractivity contribution is 4.95. The molecule has 0 aromatic rings. The number of halogens is 19. The van der Waals surface area contributed by atoms with Crippen LogP contribution in [0.25, 0.3) is 0 Å². The van der Waals surface area contributed by atoms with Gasteiger partial charge in [0.05, 0.1) is 0 Å². The molecule has 0 aliphatic heterocycles. The topological polar surface area (TPSA) is 27.7 Å². The van der Waals surface area contributed by atoms with Gasteiger partial charge in [-0.1, -0.05) is 0 Å². The van der Waals surface area contributed by atoms with Crippen molar-refractivity contribution in [1.29, 1.82) is 0 Å². The summed E-state index contributed by atoms with van der Waals surface area (Å²) >= 11 is 0. The van der Waals surface area contributed by atoms with Crippen molar-refractivity contribution >= 4 is 0 Å². The molecule has 0 saturated carbocycles. The quantitative estimate of drug-likeness (QED) is 0.358. The SMILES string of the molecule is F[C](F)OC(F)(C(F)(F)F)C(F)(F)OC(F)(C(F)(F)F)C(F)(F)OC(F)(F)C(F)(F)F. The van der Waals surface area contributed by atoms with Crippen molar-refractivity contribution in [3.63, 3.8) is 0 Å². The Balaban J connectivity index is 6.62. The van der Waals surface area contributed by atoms with Crippen molar-refractivity contribution in [3.8, 4) is 0 Å². The Morgan fingerprint density at radius 3 is 0.968 bits per heavy atom. The molecule has 0 aromatic heterocycles. The van der Waals surface area contributed by atoms with Gasteiger partial charge < -0.3 is 0 Å². The lowest BCUT2D eigenvalue weighted by Gasteiger charge is -2.40. The molecule has 0 aliphatic rings. The van der Waals surface area contributed by atoms with E-state index < -0.39 is 55.2 Å². The summed E-state index contributed by atoms with van der Waals surface area (Å²) in [5.74, 6) is -15.8. The first-order chi connectivity index (χ1) is 13.1. The molecule has 0 rings (SSSR count). The Morgan fingerprint density at radius 1 is 0.387 bits per heavy atom. The molecule has 0 aromatic carbocycles. The van der Waals surface area contributed by atoms with E-state index in [1.165, 1.54) is 4.74 Å². The maximum atomic E-state index is 13.6. The molecule has 1 radical (unpaired) electrons. The van der Waals surface area contributed by atoms with Crippen LogP contribution in [0.1, 0.15) is 0 Å². The molecule has 0 saturated heterocycles. The van der Waals surface area contributed by atoms with Crippen molar-refractivity contribution in [1.82, 2.24) is 0 Å². The second kappa shape index (κ2) is 7.85. The van der Waals surface area contributed by atoms with Crippen molar-refractivity contribution in [2.24, 2.45) is 0 Å². The van der Waals surface area contributed by atoms with Gasteiger partial charge in [0.25, 0.3) is 0 Å². The summed E-state index contributed by atoms with van der Waals surface area (Å²) in [6.07, 6.45) is -46.6. The molecule has 0 heterocycles. The molecule has 22 heteroatoms. The lowest BCUT2D eigenvalue weighted by molar-refractivity contribution is -0.569. The molecule has 2 atom stereocenters. The van der Waals surface area contributed by atoms with Crippen LogP contribution in [0, 0.1) is 6.61 Å². The van der Waals surface area contributed by atoms with E-state index in [4.69, 9.17) is 0 Å². The normalized spacial score (nSPS) is 19.4. The first kappa shape index (κ1) is 29.5. The van der Waals surface area contributed by atoms with Crippen LogP contribution in [0.3, 0.4) is 0 Å². The third-order valence-electron chi connectivity index (χ3n) is 2.55. The Labute approximate surface area is 154 Å². The minimum Gasteiger partial charge on any atom is -0.263 e. The van der Waals surface area contributed by atoms with E-state index in [0.717, 1.165) is 4.74 Å². The van der Waals surface area contributed by atoms with E-state index in [9.17, 15) is 83.4 Å². The molecule has 31 heavy (non-hydrogen) atoms. The Hall–Kier alpha value is -1.45. The second-order valence-electron chi connectivity index (χ2n) is 4.77. The predicted molar refractivity (Wildman–Crippen MR) is 49.4 cm³/mol. The van der Waals surface area contributed by atoms with Gasteiger partial charge in [-0.3, -0.25) is 9.47 Å². The molecule has 0 bridgehead atoms. The Bertz CT molecular complexity index is 619. The van der Waals surface area contributed by atoms with E-state index >= 15 is 0 Å². The van der Waals surface area contributed by atoms with Crippen molar-refractivity contribution in [3.05, 3.63) is 6.61 Å². The number of ether oxygens (including phenoxy) is 3. The van der Waals surface area contributed by atoms with Crippen LogP contribution in [0.5, 0.6) is 0 Å². The third-order valence-corrected chi connectivity index (χ3v) is 2.55. The van der Waals surface area contributed by atoms with Gasteiger partial charge in [-0.05, 0) is 0 Å². The molecular weight excluding hydrogens is 517 g/mol. The van der Waals surface area contributed by atoms with E-state index in [2.05, 4.69) is 0 Å². The summed E-state index contributed by atoms with van der Waals surface area (Å²) in [6.45, 7) is -4.49. The zero-order chi connectivity index (χ0) is 25.7. The van der Waals surface area contributed by atoms with Crippen LogP contribution < -0.4 is 0 Å². The molecule has 0 spiro atoms. The highest BCUT2D eigenvalue weighted by Gasteiger charge is 2.85. The minimum atomic E-state index is -8.16. The van der Waals surface area contributed by atoms with Crippen LogP contribution in [0.2, 0.25) is 0 Å². The Kier molecular flexibility index (Phi) is 7.48. The molecule has 0 N–H and O–H groups in total. The number of rotatable bonds is 8. The molecule has 0 amide bonds. The van der Waals surface area contributed by atoms with E-state index in [1.54, 1.807) is 4.74 Å². The first-order valence-electron chi connectivity index (χ1n) is 6.07. The minimum absolute atomic E-state index is 1.16. The third kappa shape index (κ3) is 5.49. The molecule has 187 valence electrons. The molecular formula is C9F19O3. The largest absolute Gasteiger partial charge is 0.483 e. The monoisotopic (exact) mass is 517 g/mol. The number of alkyl halides is 17. The highest BCUT2D eigenvalue weighted by atomic mass is 19.4. The fourth-order valence-corrected chi connectivity index (χ4v) is 1.20. The van der Waals surface area contributed by atoms with Gasteiger partial charge in [-0.15, -0.1) is 0 Å². The van der Waals surface area contributed by atoms with Gasteiger partial charge >= 0.3 is 55.2 Å². The average molecular weight is 517 g/mol. The van der Waals surface area contributed by atoms with Crippen LogP contribution in [-0.4, -0.2) is 48.6 Å². The molecule has 0 fully saturated rings. The zero-order valence-corrected chi connectivity index (χ0v) is 12.9. The van der Waals surface area contributed by atoms with Crippen molar-refractivity contribution in [2.45, 2.75) is 48.6 Å². The number of hydrogen-bond donors (Lipinski definition) is 0. The van der Waals surface area contributed by atoms with Gasteiger partial charge in [0.15, 0.2) is 0 Å². The summed E-state index contributed by atoms with van der Waals surface area (Å²) in [6, 6.07) is 0. The second-order valence-corrected chi connectivity index (χ2v) is 4.77. The maximum Gasteiger partial charge on any atom is 0.483 e. The highest BCUT2D eigenvalue weighted by Crippen LogP contribution is 2.57. The van der Waals surface area contributed by atoms with E-state index in [-0.39, 0.29) is 0 Å². The van der Waals surface area contributed by atoms with Crippen LogP contribution >= 0.6 is 0 Å². The lowest BCUT2D eigenvalue weighted by atomic mass is 10.2. The van der Waals surface area contributed by atoms with E-state index in [1.807, 2.05) is 0 Å². The van der Waals surface area contributed by atoms with Crippen molar-refractivity contribution in [2.75, 3.05) is 0 Å². The predicted octanol–water partition coefficient (Wildman–Crippen LogP) is 6.22. The fraction of sp³-hybridized carbons (Fsp3) is 0.889. The first-order valence-corrected chi connectivity index (χ1v) is 6.07. The van der Waals surface area contributed by atoms with Gasteiger partial charge in [-0.25, -0.2) is 4.74 Å². The summed E-state index contributed by atoms with van der Waals surface area (Å²) in [5, 5.41) is 0. The average Bonchev–Trinajstić information content (AvgIpc) is 2.40. The van der Waals surface area contributed by atoms with E-state index in [0.29, 0.717) is 0 Å². The Morgan fingerprint density at radius 2 is 0.710 bits per heavy atom. The summed E-state index contributed by atoms with van der Waals surface area (Å²) in [4.78, 5) is 0. The lowest BCUT2D eigenvalue weighted by Crippen LogP contribution is -2.68. The fourth-order valence-electron chi connectivity index (χ4n) is 1.20. The van der Waals surface area contributed by atoms with Crippen molar-refractivity contribution < 1.29 is 97.6 Å². The van der Waals surface area contributed by atoms with Crippen LogP contribution in [-0.2, 0) is 14.2 Å². The molecule has 3 nitrogen and oxygen atoms in total. The summed E-state index contributed by atoms with van der Waals surface area (Å²) in [7, 11) is 0.